The fraction of sp³-hybridized carbons (Fsp3) is 0.818. The largest absolute Gasteiger partial charge is 0.480 e. The van der Waals surface area contributed by atoms with Gasteiger partial charge < -0.3 is 31.7 Å². The number of aliphatic carboxylic acids is 1. The van der Waals surface area contributed by atoms with Crippen molar-refractivity contribution in [3.05, 3.63) is 0 Å². The fourth-order valence-electron chi connectivity index (χ4n) is 4.58. The molecule has 0 spiro atoms. The summed E-state index contributed by atoms with van der Waals surface area (Å²) in [5.74, 6) is -1.87. The highest BCUT2D eigenvalue weighted by atomic mass is 16.4. The Bertz CT molecular complexity index is 686. The van der Waals surface area contributed by atoms with Crippen LogP contribution >= 0.6 is 0 Å². The van der Waals surface area contributed by atoms with Crippen molar-refractivity contribution in [2.45, 2.75) is 89.4 Å². The van der Waals surface area contributed by atoms with E-state index in [-0.39, 0.29) is 23.6 Å². The molecule has 0 aromatic heterocycles. The molecule has 4 atom stereocenters. The number of hydrogen-bond donors (Lipinski definition) is 4. The summed E-state index contributed by atoms with van der Waals surface area (Å²) in [4.78, 5) is 53.6. The van der Waals surface area contributed by atoms with Gasteiger partial charge in [-0.2, -0.15) is 0 Å². The Morgan fingerprint density at radius 1 is 1.03 bits per heavy atom. The molecule has 10 nitrogen and oxygen atoms in total. The number of hydrogen-bond acceptors (Lipinski definition) is 6. The number of carbonyl (C=O) groups is 4. The van der Waals surface area contributed by atoms with Crippen LogP contribution in [0.1, 0.15) is 65.2 Å². The molecule has 0 aromatic rings. The SMILES string of the molecule is CC(C)CC(NC(=O)C(N)CCCCN)C(=O)N1CCCC1C(=O)N1CCCC1C(=O)O. The first kappa shape index (κ1) is 26.1. The Morgan fingerprint density at radius 3 is 2.25 bits per heavy atom. The number of unbranched alkanes of at least 4 members (excludes halogenated alkanes) is 1. The number of nitrogens with one attached hydrogen (secondary N) is 1. The minimum Gasteiger partial charge on any atom is -0.480 e. The highest BCUT2D eigenvalue weighted by Gasteiger charge is 2.43. The summed E-state index contributed by atoms with van der Waals surface area (Å²) in [6, 6.07) is -3.02. The summed E-state index contributed by atoms with van der Waals surface area (Å²) in [5.41, 5.74) is 11.5. The van der Waals surface area contributed by atoms with Gasteiger partial charge in [-0.05, 0) is 57.4 Å². The number of nitrogens with two attached hydrogens (primary N) is 2. The Labute approximate surface area is 190 Å². The van der Waals surface area contributed by atoms with E-state index >= 15 is 0 Å². The number of amides is 3. The van der Waals surface area contributed by atoms with Crippen molar-refractivity contribution in [3.63, 3.8) is 0 Å². The molecule has 2 saturated heterocycles. The zero-order valence-electron chi connectivity index (χ0n) is 19.3. The molecule has 2 fully saturated rings. The summed E-state index contributed by atoms with van der Waals surface area (Å²) in [6.07, 6.45) is 4.65. The monoisotopic (exact) mass is 453 g/mol. The zero-order chi connectivity index (χ0) is 23.8. The van der Waals surface area contributed by atoms with Gasteiger partial charge in [0.05, 0.1) is 6.04 Å². The van der Waals surface area contributed by atoms with Gasteiger partial charge in [-0.1, -0.05) is 20.3 Å². The number of likely N-dealkylation sites (tertiary alicyclic amines) is 2. The molecule has 4 unspecified atom stereocenters. The molecule has 3 amide bonds. The van der Waals surface area contributed by atoms with Crippen molar-refractivity contribution >= 4 is 23.7 Å². The molecule has 6 N–H and O–H groups in total. The first-order valence-corrected chi connectivity index (χ1v) is 11.8. The van der Waals surface area contributed by atoms with Crippen LogP contribution in [0.5, 0.6) is 0 Å². The quantitative estimate of drug-likeness (QED) is 0.321. The molecule has 32 heavy (non-hydrogen) atoms. The summed E-state index contributed by atoms with van der Waals surface area (Å²) in [7, 11) is 0. The van der Waals surface area contributed by atoms with Crippen LogP contribution in [0.4, 0.5) is 0 Å². The van der Waals surface area contributed by atoms with Crippen molar-refractivity contribution in [2.75, 3.05) is 19.6 Å². The molecule has 0 saturated carbocycles. The average molecular weight is 454 g/mol. The van der Waals surface area contributed by atoms with Crippen LogP contribution in [0.2, 0.25) is 0 Å². The lowest BCUT2D eigenvalue weighted by molar-refractivity contribution is -0.152. The zero-order valence-corrected chi connectivity index (χ0v) is 19.3. The molecule has 2 heterocycles. The Kier molecular flexibility index (Phi) is 9.89. The number of nitrogens with zero attached hydrogens (tertiary/aromatic N) is 2. The minimum atomic E-state index is -1.01. The lowest BCUT2D eigenvalue weighted by atomic mass is 10.0. The standard InChI is InChI=1S/C22H39N5O5/c1-14(2)13-16(25-19(28)15(24)7-3-4-10-23)20(29)26-11-5-8-17(26)21(30)27-12-6-9-18(27)22(31)32/h14-18H,3-13,23-24H2,1-2H3,(H,25,28)(H,31,32). The molecule has 10 heteroatoms. The van der Waals surface area contributed by atoms with Crippen LogP contribution in [0.3, 0.4) is 0 Å². The third kappa shape index (κ3) is 6.65. The maximum Gasteiger partial charge on any atom is 0.326 e. The van der Waals surface area contributed by atoms with Gasteiger partial charge in [0.25, 0.3) is 0 Å². The van der Waals surface area contributed by atoms with Gasteiger partial charge in [0.1, 0.15) is 18.1 Å². The lowest BCUT2D eigenvalue weighted by Crippen LogP contribution is -2.57. The van der Waals surface area contributed by atoms with Crippen LogP contribution in [0.25, 0.3) is 0 Å². The van der Waals surface area contributed by atoms with Gasteiger partial charge in [0, 0.05) is 13.1 Å². The molecule has 0 bridgehead atoms. The van der Waals surface area contributed by atoms with E-state index in [9.17, 15) is 24.3 Å². The summed E-state index contributed by atoms with van der Waals surface area (Å²) in [5, 5.41) is 12.2. The lowest BCUT2D eigenvalue weighted by Gasteiger charge is -2.33. The molecular formula is C22H39N5O5. The Balaban J connectivity index is 2.09. The topological polar surface area (TPSA) is 159 Å². The molecule has 2 aliphatic heterocycles. The second-order valence-corrected chi connectivity index (χ2v) is 9.30. The smallest absolute Gasteiger partial charge is 0.326 e. The van der Waals surface area contributed by atoms with Crippen LogP contribution in [0.15, 0.2) is 0 Å². The van der Waals surface area contributed by atoms with E-state index in [0.29, 0.717) is 58.2 Å². The number of carbonyl (C=O) groups excluding carboxylic acids is 3. The predicted octanol–water partition coefficient (Wildman–Crippen LogP) is 0.0402. The van der Waals surface area contributed by atoms with E-state index in [0.717, 1.165) is 12.8 Å². The van der Waals surface area contributed by atoms with Gasteiger partial charge in [-0.25, -0.2) is 4.79 Å². The highest BCUT2D eigenvalue weighted by molar-refractivity contribution is 5.94. The predicted molar refractivity (Wildman–Crippen MR) is 119 cm³/mol. The van der Waals surface area contributed by atoms with E-state index in [1.165, 1.54) is 9.80 Å². The van der Waals surface area contributed by atoms with E-state index in [4.69, 9.17) is 11.5 Å². The second kappa shape index (κ2) is 12.2. The van der Waals surface area contributed by atoms with Crippen LogP contribution in [-0.2, 0) is 19.2 Å². The van der Waals surface area contributed by atoms with Crippen molar-refractivity contribution in [3.8, 4) is 0 Å². The Hall–Kier alpha value is -2.20. The van der Waals surface area contributed by atoms with Gasteiger partial charge in [-0.3, -0.25) is 14.4 Å². The van der Waals surface area contributed by atoms with Crippen molar-refractivity contribution in [1.82, 2.24) is 15.1 Å². The number of carboxylic acid groups (broad SMARTS) is 1. The van der Waals surface area contributed by atoms with E-state index in [2.05, 4.69) is 5.32 Å². The van der Waals surface area contributed by atoms with Gasteiger partial charge in [0.2, 0.25) is 17.7 Å². The maximum absolute atomic E-state index is 13.4. The van der Waals surface area contributed by atoms with E-state index in [1.54, 1.807) is 0 Å². The maximum atomic E-state index is 13.4. The van der Waals surface area contributed by atoms with Gasteiger partial charge in [0.15, 0.2) is 0 Å². The van der Waals surface area contributed by atoms with Crippen molar-refractivity contribution < 1.29 is 24.3 Å². The van der Waals surface area contributed by atoms with Gasteiger partial charge in [-0.15, -0.1) is 0 Å². The molecule has 0 aromatic carbocycles. The highest BCUT2D eigenvalue weighted by Crippen LogP contribution is 2.26. The summed E-state index contributed by atoms with van der Waals surface area (Å²) in [6.45, 7) is 5.25. The molecule has 0 radical (unpaired) electrons. The molecule has 2 aliphatic rings. The van der Waals surface area contributed by atoms with Crippen molar-refractivity contribution in [2.24, 2.45) is 17.4 Å². The second-order valence-electron chi connectivity index (χ2n) is 9.30. The van der Waals surface area contributed by atoms with Crippen LogP contribution < -0.4 is 16.8 Å². The summed E-state index contributed by atoms with van der Waals surface area (Å²) >= 11 is 0. The first-order valence-electron chi connectivity index (χ1n) is 11.8. The summed E-state index contributed by atoms with van der Waals surface area (Å²) < 4.78 is 0. The third-order valence-corrected chi connectivity index (χ3v) is 6.27. The molecular weight excluding hydrogens is 414 g/mol. The normalized spacial score (nSPS) is 22.8. The minimum absolute atomic E-state index is 0.143. The third-order valence-electron chi connectivity index (χ3n) is 6.27. The number of carboxylic acids is 1. The first-order chi connectivity index (χ1) is 15.2. The van der Waals surface area contributed by atoms with Gasteiger partial charge >= 0.3 is 5.97 Å². The Morgan fingerprint density at radius 2 is 1.66 bits per heavy atom. The van der Waals surface area contributed by atoms with E-state index in [1.807, 2.05) is 13.8 Å². The molecule has 0 aliphatic carbocycles. The average Bonchev–Trinajstić information content (AvgIpc) is 3.41. The molecule has 2 rings (SSSR count). The fourth-order valence-corrected chi connectivity index (χ4v) is 4.58. The van der Waals surface area contributed by atoms with E-state index < -0.39 is 30.1 Å². The van der Waals surface area contributed by atoms with Crippen molar-refractivity contribution in [1.29, 1.82) is 0 Å². The van der Waals surface area contributed by atoms with Crippen LogP contribution in [-0.4, -0.2) is 82.4 Å². The molecule has 182 valence electrons. The van der Waals surface area contributed by atoms with Crippen LogP contribution in [0, 0.1) is 5.92 Å². The number of rotatable bonds is 11.